The highest BCUT2D eigenvalue weighted by molar-refractivity contribution is 9.10. The van der Waals surface area contributed by atoms with Crippen LogP contribution in [0.4, 0.5) is 5.69 Å². The molecular formula is C6H3BrClN2+. The first-order chi connectivity index (χ1) is 4.74. The van der Waals surface area contributed by atoms with Crippen LogP contribution in [0, 0.1) is 5.39 Å². The van der Waals surface area contributed by atoms with Gasteiger partial charge in [-0.25, -0.2) is 0 Å². The van der Waals surface area contributed by atoms with Crippen molar-refractivity contribution in [1.29, 1.82) is 5.39 Å². The summed E-state index contributed by atoms with van der Waals surface area (Å²) in [7, 11) is 0. The van der Waals surface area contributed by atoms with Gasteiger partial charge in [-0.15, -0.1) is 0 Å². The minimum absolute atomic E-state index is 0.476. The number of diazo groups is 1. The zero-order valence-electron chi connectivity index (χ0n) is 4.88. The van der Waals surface area contributed by atoms with Crippen LogP contribution < -0.4 is 0 Å². The maximum absolute atomic E-state index is 8.36. The quantitative estimate of drug-likeness (QED) is 0.612. The molecule has 10 heavy (non-hydrogen) atoms. The van der Waals surface area contributed by atoms with E-state index in [4.69, 9.17) is 17.0 Å². The van der Waals surface area contributed by atoms with E-state index >= 15 is 0 Å². The average Bonchev–Trinajstić information content (AvgIpc) is 1.88. The smallest absolute Gasteiger partial charge is 0.0843 e. The van der Waals surface area contributed by atoms with Crippen molar-refractivity contribution in [2.45, 2.75) is 0 Å². The van der Waals surface area contributed by atoms with Crippen LogP contribution in [0.3, 0.4) is 0 Å². The molecule has 0 aliphatic rings. The molecule has 0 spiro atoms. The first kappa shape index (κ1) is 7.52. The zero-order valence-corrected chi connectivity index (χ0v) is 7.22. The van der Waals surface area contributed by atoms with Crippen LogP contribution in [-0.2, 0) is 0 Å². The van der Waals surface area contributed by atoms with Gasteiger partial charge in [0.25, 0.3) is 0 Å². The first-order valence-electron chi connectivity index (χ1n) is 2.54. The van der Waals surface area contributed by atoms with Gasteiger partial charge in [0.2, 0.25) is 5.39 Å². The Bertz CT molecular complexity index is 292. The Kier molecular flexibility index (Phi) is 2.25. The molecule has 1 aromatic rings. The fraction of sp³-hybridized carbons (Fsp3) is 0. The van der Waals surface area contributed by atoms with E-state index in [0.29, 0.717) is 15.2 Å². The highest BCUT2D eigenvalue weighted by Crippen LogP contribution is 2.27. The Morgan fingerprint density at radius 2 is 2.20 bits per heavy atom. The molecule has 0 aromatic heterocycles. The third kappa shape index (κ3) is 1.47. The van der Waals surface area contributed by atoms with Crippen LogP contribution in [0.15, 0.2) is 22.7 Å². The van der Waals surface area contributed by atoms with Crippen LogP contribution in [0.25, 0.3) is 4.98 Å². The van der Waals surface area contributed by atoms with Gasteiger partial charge < -0.3 is 0 Å². The van der Waals surface area contributed by atoms with Crippen molar-refractivity contribution < 1.29 is 0 Å². The molecule has 0 N–H and O–H groups in total. The van der Waals surface area contributed by atoms with Gasteiger partial charge in [0.1, 0.15) is 4.47 Å². The maximum Gasteiger partial charge on any atom is 0.399 e. The summed E-state index contributed by atoms with van der Waals surface area (Å²) >= 11 is 8.79. The van der Waals surface area contributed by atoms with E-state index in [1.165, 1.54) is 0 Å². The van der Waals surface area contributed by atoms with E-state index in [9.17, 15) is 0 Å². The number of hydrogen-bond donors (Lipinski definition) is 0. The molecule has 0 aliphatic carbocycles. The van der Waals surface area contributed by atoms with Crippen molar-refractivity contribution in [1.82, 2.24) is 0 Å². The van der Waals surface area contributed by atoms with Gasteiger partial charge in [-0.05, 0) is 28.1 Å². The fourth-order valence-electron chi connectivity index (χ4n) is 0.562. The van der Waals surface area contributed by atoms with E-state index in [-0.39, 0.29) is 0 Å². The molecule has 0 unspecified atom stereocenters. The lowest BCUT2D eigenvalue weighted by molar-refractivity contribution is 1.45. The Balaban J connectivity index is 3.23. The number of hydrogen-bond acceptors (Lipinski definition) is 1. The Morgan fingerprint density at radius 3 is 2.70 bits per heavy atom. The van der Waals surface area contributed by atoms with Crippen molar-refractivity contribution >= 4 is 33.2 Å². The second-order valence-corrected chi connectivity index (χ2v) is 2.99. The molecule has 1 rings (SSSR count). The molecule has 0 atom stereocenters. The number of nitrogens with zero attached hydrogens (tertiary/aromatic N) is 2. The van der Waals surface area contributed by atoms with E-state index < -0.39 is 0 Å². The highest BCUT2D eigenvalue weighted by Gasteiger charge is 2.09. The molecule has 4 heteroatoms. The van der Waals surface area contributed by atoms with Gasteiger partial charge in [-0.1, -0.05) is 11.6 Å². The molecule has 0 heterocycles. The molecule has 0 saturated heterocycles. The summed E-state index contributed by atoms with van der Waals surface area (Å²) in [6.07, 6.45) is 0. The second-order valence-electron chi connectivity index (χ2n) is 1.70. The molecule has 50 valence electrons. The van der Waals surface area contributed by atoms with Crippen molar-refractivity contribution in [2.24, 2.45) is 0 Å². The monoisotopic (exact) mass is 217 g/mol. The van der Waals surface area contributed by atoms with Gasteiger partial charge in [-0.2, -0.15) is 0 Å². The predicted octanol–water partition coefficient (Wildman–Crippen LogP) is 3.59. The summed E-state index contributed by atoms with van der Waals surface area (Å²) in [6, 6.07) is 4.93. The summed E-state index contributed by atoms with van der Waals surface area (Å²) in [5.41, 5.74) is 0.476. The molecule has 1 aromatic carbocycles. The van der Waals surface area contributed by atoms with E-state index in [0.717, 1.165) is 0 Å². The molecule has 0 aliphatic heterocycles. The summed E-state index contributed by atoms with van der Waals surface area (Å²) < 4.78 is 0.683. The van der Waals surface area contributed by atoms with E-state index in [2.05, 4.69) is 20.9 Å². The van der Waals surface area contributed by atoms with Crippen LogP contribution in [0.1, 0.15) is 0 Å². The Hall–Kier alpha value is -0.590. The van der Waals surface area contributed by atoms with Crippen molar-refractivity contribution in [3.05, 3.63) is 32.7 Å². The van der Waals surface area contributed by atoms with Crippen LogP contribution in [0.2, 0.25) is 5.02 Å². The van der Waals surface area contributed by atoms with E-state index in [1.54, 1.807) is 18.2 Å². The van der Waals surface area contributed by atoms with E-state index in [1.807, 2.05) is 0 Å². The first-order valence-corrected chi connectivity index (χ1v) is 3.71. The lowest BCUT2D eigenvalue weighted by Crippen LogP contribution is -1.65. The normalized spacial score (nSPS) is 8.90. The summed E-state index contributed by atoms with van der Waals surface area (Å²) in [5.74, 6) is 0. The minimum Gasteiger partial charge on any atom is -0.0843 e. The number of rotatable bonds is 0. The SMILES string of the molecule is N#[N+]c1ccc(Cl)cc1Br. The summed E-state index contributed by atoms with van der Waals surface area (Å²) in [5, 5.41) is 8.97. The largest absolute Gasteiger partial charge is 0.399 e. The van der Waals surface area contributed by atoms with Crippen LogP contribution in [-0.4, -0.2) is 0 Å². The van der Waals surface area contributed by atoms with Crippen molar-refractivity contribution in [3.8, 4) is 0 Å². The summed E-state index contributed by atoms with van der Waals surface area (Å²) in [4.78, 5) is 3.01. The highest BCUT2D eigenvalue weighted by atomic mass is 79.9. The van der Waals surface area contributed by atoms with Gasteiger partial charge >= 0.3 is 5.69 Å². The third-order valence-corrected chi connectivity index (χ3v) is 1.89. The standard InChI is InChI=1S/C6H3BrClN2/c7-5-3-4(8)1-2-6(5)10-9/h1-3H/q+1. The number of benzene rings is 1. The van der Waals surface area contributed by atoms with Gasteiger partial charge in [0.05, 0.1) is 0 Å². The lowest BCUT2D eigenvalue weighted by atomic mass is 10.3. The minimum atomic E-state index is 0.476. The van der Waals surface area contributed by atoms with Gasteiger partial charge in [-0.3, -0.25) is 0 Å². The summed E-state index contributed by atoms with van der Waals surface area (Å²) in [6.45, 7) is 0. The van der Waals surface area contributed by atoms with Crippen molar-refractivity contribution in [2.75, 3.05) is 0 Å². The maximum atomic E-state index is 8.36. The average molecular weight is 218 g/mol. The number of halogens is 2. The fourth-order valence-corrected chi connectivity index (χ4v) is 1.32. The lowest BCUT2D eigenvalue weighted by Gasteiger charge is -1.85. The molecule has 0 amide bonds. The van der Waals surface area contributed by atoms with Gasteiger partial charge in [0, 0.05) is 11.1 Å². The van der Waals surface area contributed by atoms with Crippen LogP contribution >= 0.6 is 27.5 Å². The molecule has 0 radical (unpaired) electrons. The van der Waals surface area contributed by atoms with Crippen molar-refractivity contribution in [3.63, 3.8) is 0 Å². The topological polar surface area (TPSA) is 28.1 Å². The third-order valence-electron chi connectivity index (χ3n) is 1.02. The Morgan fingerprint density at radius 1 is 1.50 bits per heavy atom. The van der Waals surface area contributed by atoms with Gasteiger partial charge in [0.15, 0.2) is 4.98 Å². The van der Waals surface area contributed by atoms with Crippen LogP contribution in [0.5, 0.6) is 0 Å². The Labute approximate surface area is 71.6 Å². The second kappa shape index (κ2) is 3.00. The molecule has 0 saturated carbocycles. The molecule has 0 bridgehead atoms. The zero-order chi connectivity index (χ0) is 7.56. The molecular weight excluding hydrogens is 215 g/mol. The predicted molar refractivity (Wildman–Crippen MR) is 43.9 cm³/mol. The molecule has 2 nitrogen and oxygen atoms in total. The molecule has 0 fully saturated rings.